The Morgan fingerprint density at radius 2 is 2.35 bits per heavy atom. The summed E-state index contributed by atoms with van der Waals surface area (Å²) in [5, 5.41) is 9.60. The van der Waals surface area contributed by atoms with E-state index >= 15 is 0 Å². The molecule has 26 heavy (non-hydrogen) atoms. The highest BCUT2D eigenvalue weighted by Crippen LogP contribution is 2.24. The van der Waals surface area contributed by atoms with Crippen molar-refractivity contribution in [3.63, 3.8) is 0 Å². The number of nitrogens with zero attached hydrogens (tertiary/aromatic N) is 3. The zero-order valence-electron chi connectivity index (χ0n) is 14.6. The van der Waals surface area contributed by atoms with E-state index in [1.54, 1.807) is 18.3 Å². The van der Waals surface area contributed by atoms with Crippen LogP contribution in [0.3, 0.4) is 0 Å². The number of pyridine rings is 2. The van der Waals surface area contributed by atoms with E-state index in [4.69, 9.17) is 26.3 Å². The van der Waals surface area contributed by atoms with E-state index in [2.05, 4.69) is 4.98 Å². The first-order chi connectivity index (χ1) is 12.6. The van der Waals surface area contributed by atoms with Crippen LogP contribution in [0, 0.1) is 18.3 Å². The number of rotatable bonds is 5. The first kappa shape index (κ1) is 18.6. The van der Waals surface area contributed by atoms with Gasteiger partial charge in [0.05, 0.1) is 18.8 Å². The Labute approximate surface area is 157 Å². The lowest BCUT2D eigenvalue weighted by Crippen LogP contribution is -2.24. The van der Waals surface area contributed by atoms with E-state index < -0.39 is 0 Å². The third-order valence-corrected chi connectivity index (χ3v) is 4.63. The molecule has 0 bridgehead atoms. The summed E-state index contributed by atoms with van der Waals surface area (Å²) in [5.41, 5.74) is 1.90. The van der Waals surface area contributed by atoms with Crippen LogP contribution < -0.4 is 5.56 Å². The van der Waals surface area contributed by atoms with Crippen LogP contribution in [0.25, 0.3) is 0 Å². The first-order valence-electron chi connectivity index (χ1n) is 8.56. The molecule has 1 atom stereocenters. The molecule has 0 N–H and O–H groups in total. The second-order valence-corrected chi connectivity index (χ2v) is 6.65. The zero-order chi connectivity index (χ0) is 18.5. The second kappa shape index (κ2) is 8.45. The average molecular weight is 374 g/mol. The molecule has 1 aliphatic heterocycles. The van der Waals surface area contributed by atoms with Gasteiger partial charge < -0.3 is 14.0 Å². The van der Waals surface area contributed by atoms with Crippen LogP contribution in [0.5, 0.6) is 0 Å². The lowest BCUT2D eigenvalue weighted by molar-refractivity contribution is -0.169. The molecular formula is C19H20ClN3O3. The van der Waals surface area contributed by atoms with Gasteiger partial charge in [-0.25, -0.2) is 0 Å². The molecule has 0 radical (unpaired) electrons. The maximum absolute atomic E-state index is 12.3. The van der Waals surface area contributed by atoms with Crippen molar-refractivity contribution in [2.45, 2.75) is 45.6 Å². The van der Waals surface area contributed by atoms with Crippen LogP contribution in [0.2, 0.25) is 5.02 Å². The van der Waals surface area contributed by atoms with Crippen molar-refractivity contribution < 1.29 is 9.47 Å². The summed E-state index contributed by atoms with van der Waals surface area (Å²) in [6.07, 6.45) is 4.38. The topological polar surface area (TPSA) is 77.1 Å². The maximum atomic E-state index is 12.3. The third kappa shape index (κ3) is 4.31. The molecule has 2 aromatic heterocycles. The predicted molar refractivity (Wildman–Crippen MR) is 96.9 cm³/mol. The largest absolute Gasteiger partial charge is 0.353 e. The number of halogens is 1. The smallest absolute Gasteiger partial charge is 0.268 e. The summed E-state index contributed by atoms with van der Waals surface area (Å²) >= 11 is 6.42. The lowest BCUT2D eigenvalue weighted by atomic mass is 10.1. The maximum Gasteiger partial charge on any atom is 0.268 e. The molecule has 1 fully saturated rings. The standard InChI is InChI=1S/C19H20ClN3O3/c1-13-9-16(20)15(12-26-18-6-2-3-8-25-18)17(22-13)11-23-7-4-5-14(10-21)19(23)24/h4-5,7,9,18H,2-3,6,8,11-12H2,1H3. The van der Waals surface area contributed by atoms with Gasteiger partial charge in [0.1, 0.15) is 11.6 Å². The Morgan fingerprint density at radius 3 is 3.08 bits per heavy atom. The normalized spacial score (nSPS) is 17.0. The number of hydrogen-bond donors (Lipinski definition) is 0. The number of aryl methyl sites for hydroxylation is 1. The fourth-order valence-corrected chi connectivity index (χ4v) is 3.25. The third-order valence-electron chi connectivity index (χ3n) is 4.30. The second-order valence-electron chi connectivity index (χ2n) is 6.24. The quantitative estimate of drug-likeness (QED) is 0.804. The highest BCUT2D eigenvalue weighted by atomic mass is 35.5. The number of aromatic nitrogens is 2. The minimum absolute atomic E-state index is 0.0969. The Bertz CT molecular complexity index is 883. The number of ether oxygens (including phenoxy) is 2. The molecule has 1 saturated heterocycles. The van der Waals surface area contributed by atoms with E-state index in [1.807, 2.05) is 13.0 Å². The number of nitriles is 1. The molecule has 0 amide bonds. The fraction of sp³-hybridized carbons (Fsp3) is 0.421. The van der Waals surface area contributed by atoms with Gasteiger partial charge in [-0.05, 0) is 44.4 Å². The van der Waals surface area contributed by atoms with E-state index in [9.17, 15) is 4.79 Å². The van der Waals surface area contributed by atoms with Crippen molar-refractivity contribution in [2.24, 2.45) is 0 Å². The Morgan fingerprint density at radius 1 is 1.50 bits per heavy atom. The molecule has 136 valence electrons. The van der Waals surface area contributed by atoms with Crippen LogP contribution in [0.1, 0.15) is 41.8 Å². The van der Waals surface area contributed by atoms with Gasteiger partial charge in [-0.2, -0.15) is 5.26 Å². The van der Waals surface area contributed by atoms with Gasteiger partial charge >= 0.3 is 0 Å². The molecule has 6 nitrogen and oxygen atoms in total. The SMILES string of the molecule is Cc1cc(Cl)c(COC2CCCCO2)c(Cn2cccc(C#N)c2=O)n1. The minimum atomic E-state index is -0.350. The Balaban J connectivity index is 1.86. The molecule has 0 saturated carbocycles. The van der Waals surface area contributed by atoms with Crippen LogP contribution in [0.4, 0.5) is 0 Å². The molecule has 0 aromatic carbocycles. The highest BCUT2D eigenvalue weighted by molar-refractivity contribution is 6.31. The van der Waals surface area contributed by atoms with Gasteiger partial charge in [-0.1, -0.05) is 11.6 Å². The molecule has 0 aliphatic carbocycles. The average Bonchev–Trinajstić information content (AvgIpc) is 2.63. The van der Waals surface area contributed by atoms with Crippen molar-refractivity contribution in [1.29, 1.82) is 5.26 Å². The predicted octanol–water partition coefficient (Wildman–Crippen LogP) is 3.17. The van der Waals surface area contributed by atoms with Crippen LogP contribution in [-0.4, -0.2) is 22.4 Å². The molecule has 0 spiro atoms. The summed E-state index contributed by atoms with van der Waals surface area (Å²) in [7, 11) is 0. The summed E-state index contributed by atoms with van der Waals surface area (Å²) < 4.78 is 12.9. The van der Waals surface area contributed by atoms with Gasteiger partial charge in [0.25, 0.3) is 5.56 Å². The van der Waals surface area contributed by atoms with E-state index in [-0.39, 0.29) is 30.6 Å². The lowest BCUT2D eigenvalue weighted by Gasteiger charge is -2.23. The molecule has 2 aromatic rings. The Hall–Kier alpha value is -2.20. The van der Waals surface area contributed by atoms with Gasteiger partial charge in [0.15, 0.2) is 6.29 Å². The van der Waals surface area contributed by atoms with Crippen molar-refractivity contribution in [3.8, 4) is 6.07 Å². The molecule has 1 unspecified atom stereocenters. The van der Waals surface area contributed by atoms with Gasteiger partial charge in [-0.3, -0.25) is 9.78 Å². The van der Waals surface area contributed by atoms with Crippen molar-refractivity contribution in [1.82, 2.24) is 9.55 Å². The van der Waals surface area contributed by atoms with Crippen molar-refractivity contribution in [3.05, 3.63) is 62.3 Å². The molecule has 3 heterocycles. The van der Waals surface area contributed by atoms with Crippen LogP contribution in [0.15, 0.2) is 29.2 Å². The minimum Gasteiger partial charge on any atom is -0.353 e. The van der Waals surface area contributed by atoms with Gasteiger partial charge in [0, 0.05) is 29.1 Å². The highest BCUT2D eigenvalue weighted by Gasteiger charge is 2.18. The monoisotopic (exact) mass is 373 g/mol. The molecule has 3 rings (SSSR count). The Kier molecular flexibility index (Phi) is 6.04. The summed E-state index contributed by atoms with van der Waals surface area (Å²) in [6.45, 7) is 3.03. The zero-order valence-corrected chi connectivity index (χ0v) is 15.3. The van der Waals surface area contributed by atoms with E-state index in [0.717, 1.165) is 30.5 Å². The van der Waals surface area contributed by atoms with Crippen molar-refractivity contribution in [2.75, 3.05) is 6.61 Å². The van der Waals surface area contributed by atoms with Gasteiger partial charge in [0.2, 0.25) is 0 Å². The molecular weight excluding hydrogens is 354 g/mol. The van der Waals surface area contributed by atoms with Crippen molar-refractivity contribution >= 4 is 11.6 Å². The first-order valence-corrected chi connectivity index (χ1v) is 8.94. The van der Waals surface area contributed by atoms with Gasteiger partial charge in [-0.15, -0.1) is 0 Å². The van der Waals surface area contributed by atoms with Crippen LogP contribution >= 0.6 is 11.6 Å². The fourth-order valence-electron chi connectivity index (χ4n) is 2.93. The van der Waals surface area contributed by atoms with E-state index in [1.165, 1.54) is 10.6 Å². The summed E-state index contributed by atoms with van der Waals surface area (Å²) in [4.78, 5) is 16.9. The number of hydrogen-bond acceptors (Lipinski definition) is 5. The molecule has 1 aliphatic rings. The summed E-state index contributed by atoms with van der Waals surface area (Å²) in [5.74, 6) is 0. The van der Waals surface area contributed by atoms with E-state index in [0.29, 0.717) is 17.3 Å². The molecule has 7 heteroatoms. The van der Waals surface area contributed by atoms with Crippen LogP contribution in [-0.2, 0) is 22.6 Å². The summed E-state index contributed by atoms with van der Waals surface area (Å²) in [6, 6.07) is 6.85.